The van der Waals surface area contributed by atoms with Gasteiger partial charge < -0.3 is 15.5 Å². The number of amides is 1. The Hall–Kier alpha value is -0.820. The highest BCUT2D eigenvalue weighted by Gasteiger charge is 2.36. The van der Waals surface area contributed by atoms with Gasteiger partial charge in [-0.25, -0.2) is 0 Å². The van der Waals surface area contributed by atoms with Crippen molar-refractivity contribution in [1.82, 2.24) is 9.80 Å². The Morgan fingerprint density at radius 2 is 2.06 bits per heavy atom. The Bertz CT molecular complexity index is 257. The number of halogens is 3. The molecule has 0 aromatic carbocycles. The van der Waals surface area contributed by atoms with Crippen molar-refractivity contribution in [2.75, 3.05) is 33.2 Å². The van der Waals surface area contributed by atoms with Crippen LogP contribution in [0.5, 0.6) is 0 Å². The minimum Gasteiger partial charge on any atom is -0.336 e. The molecule has 1 saturated heterocycles. The van der Waals surface area contributed by atoms with E-state index in [0.29, 0.717) is 19.6 Å². The molecule has 7 heteroatoms. The van der Waals surface area contributed by atoms with Gasteiger partial charge in [-0.15, -0.1) is 0 Å². The molecule has 1 unspecified atom stereocenters. The van der Waals surface area contributed by atoms with E-state index >= 15 is 0 Å². The lowest BCUT2D eigenvalue weighted by Crippen LogP contribution is -2.57. The van der Waals surface area contributed by atoms with Crippen LogP contribution in [0.25, 0.3) is 0 Å². The fraction of sp³-hybridized carbons (Fsp3) is 0.889. The van der Waals surface area contributed by atoms with Gasteiger partial charge in [0.15, 0.2) is 0 Å². The second kappa shape index (κ2) is 5.01. The lowest BCUT2D eigenvalue weighted by atomic mass is 10.1. The third-order valence-electron chi connectivity index (χ3n) is 2.63. The first kappa shape index (κ1) is 13.2. The van der Waals surface area contributed by atoms with Crippen LogP contribution in [0.15, 0.2) is 0 Å². The van der Waals surface area contributed by atoms with Gasteiger partial charge in [0.25, 0.3) is 0 Å². The highest BCUT2D eigenvalue weighted by atomic mass is 19.4. The molecule has 0 spiro atoms. The van der Waals surface area contributed by atoms with E-state index in [9.17, 15) is 18.0 Å². The number of carbonyl (C=O) groups is 1. The maximum absolute atomic E-state index is 12.1. The van der Waals surface area contributed by atoms with Gasteiger partial charge in [0.1, 0.15) is 6.42 Å². The van der Waals surface area contributed by atoms with Gasteiger partial charge >= 0.3 is 6.18 Å². The molecule has 1 fully saturated rings. The van der Waals surface area contributed by atoms with Crippen LogP contribution in [-0.2, 0) is 4.79 Å². The van der Waals surface area contributed by atoms with E-state index in [1.807, 2.05) is 11.9 Å². The Balaban J connectivity index is 2.60. The fourth-order valence-electron chi connectivity index (χ4n) is 1.81. The van der Waals surface area contributed by atoms with E-state index in [4.69, 9.17) is 5.73 Å². The van der Waals surface area contributed by atoms with Gasteiger partial charge in [0, 0.05) is 26.2 Å². The molecule has 0 radical (unpaired) electrons. The summed E-state index contributed by atoms with van der Waals surface area (Å²) in [5.74, 6) is -0.879. The van der Waals surface area contributed by atoms with E-state index in [2.05, 4.69) is 0 Å². The van der Waals surface area contributed by atoms with E-state index in [0.717, 1.165) is 0 Å². The van der Waals surface area contributed by atoms with Gasteiger partial charge in [-0.2, -0.15) is 13.2 Å². The Morgan fingerprint density at radius 1 is 1.44 bits per heavy atom. The lowest BCUT2D eigenvalue weighted by molar-refractivity contribution is -0.164. The molecule has 1 atom stereocenters. The van der Waals surface area contributed by atoms with Gasteiger partial charge in [-0.1, -0.05) is 0 Å². The van der Waals surface area contributed by atoms with Crippen LogP contribution in [0.3, 0.4) is 0 Å². The van der Waals surface area contributed by atoms with Crippen molar-refractivity contribution in [3.05, 3.63) is 0 Å². The second-order valence-corrected chi connectivity index (χ2v) is 4.03. The third kappa shape index (κ3) is 3.64. The molecular formula is C9H16F3N3O. The van der Waals surface area contributed by atoms with Crippen LogP contribution in [0.2, 0.25) is 0 Å². The van der Waals surface area contributed by atoms with Crippen LogP contribution in [0.1, 0.15) is 6.42 Å². The van der Waals surface area contributed by atoms with Gasteiger partial charge in [0.2, 0.25) is 5.91 Å². The average Bonchev–Trinajstić information content (AvgIpc) is 2.14. The number of likely N-dealkylation sites (N-methyl/N-ethyl adjacent to an activating group) is 1. The highest BCUT2D eigenvalue weighted by Crippen LogP contribution is 2.22. The molecule has 1 aliphatic rings. The van der Waals surface area contributed by atoms with Crippen molar-refractivity contribution in [1.29, 1.82) is 0 Å². The fourth-order valence-corrected chi connectivity index (χ4v) is 1.81. The molecule has 94 valence electrons. The predicted molar refractivity (Wildman–Crippen MR) is 52.7 cm³/mol. The number of hydrogen-bond acceptors (Lipinski definition) is 3. The van der Waals surface area contributed by atoms with Crippen LogP contribution in [0, 0.1) is 0 Å². The predicted octanol–water partition coefficient (Wildman–Crippen LogP) is 0.0401. The molecule has 0 saturated carbocycles. The topological polar surface area (TPSA) is 49.6 Å². The summed E-state index contributed by atoms with van der Waals surface area (Å²) in [6, 6.07) is -0.311. The molecule has 0 bridgehead atoms. The zero-order chi connectivity index (χ0) is 12.3. The number of carbonyl (C=O) groups excluding carboxylic acids is 1. The van der Waals surface area contributed by atoms with Crippen molar-refractivity contribution in [2.45, 2.75) is 18.6 Å². The van der Waals surface area contributed by atoms with Crippen molar-refractivity contribution in [3.63, 3.8) is 0 Å². The van der Waals surface area contributed by atoms with Crippen molar-refractivity contribution in [3.8, 4) is 0 Å². The van der Waals surface area contributed by atoms with E-state index in [-0.39, 0.29) is 12.6 Å². The molecule has 1 rings (SSSR count). The molecule has 1 heterocycles. The summed E-state index contributed by atoms with van der Waals surface area (Å²) in [7, 11) is 1.86. The first-order valence-corrected chi connectivity index (χ1v) is 5.08. The minimum absolute atomic E-state index is 0.188. The molecule has 2 N–H and O–H groups in total. The second-order valence-electron chi connectivity index (χ2n) is 4.03. The number of alkyl halides is 3. The summed E-state index contributed by atoms with van der Waals surface area (Å²) in [5, 5.41) is 0. The lowest BCUT2D eigenvalue weighted by Gasteiger charge is -2.39. The van der Waals surface area contributed by atoms with Gasteiger partial charge in [-0.3, -0.25) is 4.79 Å². The first-order chi connectivity index (χ1) is 7.33. The smallest absolute Gasteiger partial charge is 0.336 e. The van der Waals surface area contributed by atoms with Crippen LogP contribution in [-0.4, -0.2) is 61.2 Å². The molecule has 1 aliphatic heterocycles. The van der Waals surface area contributed by atoms with E-state index < -0.39 is 18.5 Å². The van der Waals surface area contributed by atoms with Crippen LogP contribution < -0.4 is 5.73 Å². The first-order valence-electron chi connectivity index (χ1n) is 5.08. The normalized spacial score (nSPS) is 23.6. The van der Waals surface area contributed by atoms with Gasteiger partial charge in [0.05, 0.1) is 6.04 Å². The Morgan fingerprint density at radius 3 is 2.56 bits per heavy atom. The van der Waals surface area contributed by atoms with Crippen LogP contribution in [0.4, 0.5) is 13.2 Å². The number of rotatable bonds is 2. The maximum Gasteiger partial charge on any atom is 0.397 e. The summed E-state index contributed by atoms with van der Waals surface area (Å²) < 4.78 is 36.2. The number of piperazine rings is 1. The molecule has 0 aromatic heterocycles. The van der Waals surface area contributed by atoms with Crippen molar-refractivity contribution >= 4 is 5.91 Å². The largest absolute Gasteiger partial charge is 0.397 e. The highest BCUT2D eigenvalue weighted by molar-refractivity contribution is 5.77. The number of hydrogen-bond donors (Lipinski definition) is 1. The molecule has 16 heavy (non-hydrogen) atoms. The SMILES string of the molecule is CN1CCN(C(=O)CC(F)(F)F)C(CN)C1. The Labute approximate surface area is 92.2 Å². The molecular weight excluding hydrogens is 223 g/mol. The molecule has 0 aliphatic carbocycles. The summed E-state index contributed by atoms with van der Waals surface area (Å²) >= 11 is 0. The number of nitrogens with two attached hydrogens (primary N) is 1. The summed E-state index contributed by atoms with van der Waals surface area (Å²) in [6.45, 7) is 1.61. The standard InChI is InChI=1S/C9H16F3N3O/c1-14-2-3-15(7(5-13)6-14)8(16)4-9(10,11)12/h7H,2-6,13H2,1H3. The van der Waals surface area contributed by atoms with Crippen LogP contribution >= 0.6 is 0 Å². The summed E-state index contributed by atoms with van der Waals surface area (Å²) in [5.41, 5.74) is 5.46. The number of nitrogens with zero attached hydrogens (tertiary/aromatic N) is 2. The maximum atomic E-state index is 12.1. The monoisotopic (exact) mass is 239 g/mol. The molecule has 1 amide bonds. The summed E-state index contributed by atoms with van der Waals surface area (Å²) in [6.07, 6.45) is -5.84. The minimum atomic E-state index is -4.44. The zero-order valence-corrected chi connectivity index (χ0v) is 9.13. The van der Waals surface area contributed by atoms with Crippen molar-refractivity contribution in [2.24, 2.45) is 5.73 Å². The van der Waals surface area contributed by atoms with Crippen molar-refractivity contribution < 1.29 is 18.0 Å². The quantitative estimate of drug-likeness (QED) is 0.740. The third-order valence-corrected chi connectivity index (χ3v) is 2.63. The van der Waals surface area contributed by atoms with Gasteiger partial charge in [-0.05, 0) is 7.05 Å². The zero-order valence-electron chi connectivity index (χ0n) is 9.13. The molecule has 4 nitrogen and oxygen atoms in total. The van der Waals surface area contributed by atoms with E-state index in [1.54, 1.807) is 0 Å². The van der Waals surface area contributed by atoms with E-state index in [1.165, 1.54) is 4.90 Å². The molecule has 0 aromatic rings. The summed E-state index contributed by atoms with van der Waals surface area (Å²) in [4.78, 5) is 14.6. The average molecular weight is 239 g/mol. The Kier molecular flexibility index (Phi) is 4.15.